The molecule has 2 aromatic carbocycles. The van der Waals surface area contributed by atoms with Crippen LogP contribution in [-0.4, -0.2) is 33.7 Å². The van der Waals surface area contributed by atoms with Gasteiger partial charge >= 0.3 is 0 Å². The fourth-order valence-corrected chi connectivity index (χ4v) is 5.76. The summed E-state index contributed by atoms with van der Waals surface area (Å²) in [5.41, 5.74) is 1.52. The number of hydrogen-bond donors (Lipinski definition) is 1. The Hall–Kier alpha value is -4.21. The van der Waals surface area contributed by atoms with E-state index in [0.717, 1.165) is 17.7 Å². The van der Waals surface area contributed by atoms with E-state index in [-0.39, 0.29) is 34.4 Å². The van der Waals surface area contributed by atoms with Gasteiger partial charge in [-0.1, -0.05) is 36.4 Å². The molecular formula is C28H24N3O6-. The Morgan fingerprint density at radius 1 is 1.03 bits per heavy atom. The van der Waals surface area contributed by atoms with E-state index in [1.165, 1.54) is 10.6 Å². The second-order valence-corrected chi connectivity index (χ2v) is 9.77. The summed E-state index contributed by atoms with van der Waals surface area (Å²) in [5.74, 6) is 0.112. The molecule has 2 aliphatic heterocycles. The van der Waals surface area contributed by atoms with Crippen LogP contribution in [0.1, 0.15) is 34.0 Å². The molecule has 6 rings (SSSR count). The maximum atomic E-state index is 13.8. The van der Waals surface area contributed by atoms with Crippen molar-refractivity contribution >= 4 is 22.6 Å². The van der Waals surface area contributed by atoms with E-state index < -0.39 is 10.8 Å². The van der Waals surface area contributed by atoms with Crippen molar-refractivity contribution in [2.24, 2.45) is 5.92 Å². The van der Waals surface area contributed by atoms with E-state index in [2.05, 4.69) is 0 Å². The molecule has 0 saturated carbocycles. The van der Waals surface area contributed by atoms with Crippen LogP contribution in [0.5, 0.6) is 0 Å². The van der Waals surface area contributed by atoms with Crippen molar-refractivity contribution in [2.75, 3.05) is 18.3 Å². The number of nitrogens with zero attached hydrogens (tertiary/aromatic N) is 3. The number of anilines is 1. The molecule has 1 amide bonds. The lowest BCUT2D eigenvalue weighted by molar-refractivity contribution is 0.0595. The Labute approximate surface area is 211 Å². The van der Waals surface area contributed by atoms with Gasteiger partial charge in [0.1, 0.15) is 11.4 Å². The summed E-state index contributed by atoms with van der Waals surface area (Å²) in [4.78, 5) is 41.5. The molecule has 2 atom stereocenters. The number of amides is 1. The number of hydrogen-bond acceptors (Lipinski definition) is 7. The lowest BCUT2D eigenvalue weighted by Gasteiger charge is -2.43. The number of para-hydroxylation sites is 1. The molecule has 9 nitrogen and oxygen atoms in total. The van der Waals surface area contributed by atoms with Crippen LogP contribution < -0.4 is 16.2 Å². The predicted molar refractivity (Wildman–Crippen MR) is 138 cm³/mol. The SMILES string of the molecule is Cc1c(-c2ccccc2)oc2c(C(=O)N3CC4CC(C3)c3ccc(N([O-])O)c(=O)n3C4)cccc2c1=O. The smallest absolute Gasteiger partial charge is 0.275 e. The zero-order valence-electron chi connectivity index (χ0n) is 20.1. The molecule has 1 saturated heterocycles. The fourth-order valence-electron chi connectivity index (χ4n) is 5.76. The maximum Gasteiger partial charge on any atom is 0.275 e. The summed E-state index contributed by atoms with van der Waals surface area (Å²) < 4.78 is 7.78. The van der Waals surface area contributed by atoms with Crippen molar-refractivity contribution in [1.29, 1.82) is 0 Å². The van der Waals surface area contributed by atoms with Crippen LogP contribution in [0.3, 0.4) is 0 Å². The molecular weight excluding hydrogens is 474 g/mol. The second kappa shape index (κ2) is 8.72. The highest BCUT2D eigenvalue weighted by atomic mass is 16.8. The van der Waals surface area contributed by atoms with E-state index in [4.69, 9.17) is 4.42 Å². The molecule has 2 unspecified atom stereocenters. The van der Waals surface area contributed by atoms with Crippen LogP contribution in [0.2, 0.25) is 0 Å². The maximum absolute atomic E-state index is 13.8. The Bertz CT molecular complexity index is 1660. The average Bonchev–Trinajstić information content (AvgIpc) is 2.90. The van der Waals surface area contributed by atoms with E-state index >= 15 is 0 Å². The number of rotatable bonds is 3. The summed E-state index contributed by atoms with van der Waals surface area (Å²) in [5, 5.41) is 20.5. The molecule has 0 aliphatic carbocycles. The lowest BCUT2D eigenvalue weighted by Crippen LogP contribution is -2.49. The van der Waals surface area contributed by atoms with Gasteiger partial charge in [-0.15, -0.1) is 0 Å². The van der Waals surface area contributed by atoms with Gasteiger partial charge in [0.15, 0.2) is 11.0 Å². The van der Waals surface area contributed by atoms with E-state index in [1.54, 1.807) is 36.1 Å². The molecule has 0 spiro atoms. The third-order valence-corrected chi connectivity index (χ3v) is 7.49. The molecule has 2 aromatic heterocycles. The van der Waals surface area contributed by atoms with E-state index in [0.29, 0.717) is 41.9 Å². The molecule has 9 heteroatoms. The molecule has 1 N–H and O–H groups in total. The number of likely N-dealkylation sites (tertiary alicyclic amines) is 1. The van der Waals surface area contributed by atoms with Crippen LogP contribution in [-0.2, 0) is 6.54 Å². The van der Waals surface area contributed by atoms with Crippen molar-refractivity contribution in [1.82, 2.24) is 9.47 Å². The van der Waals surface area contributed by atoms with Crippen LogP contribution >= 0.6 is 0 Å². The monoisotopic (exact) mass is 498 g/mol. The lowest BCUT2D eigenvalue weighted by atomic mass is 9.83. The topological polar surface area (TPSA) is 119 Å². The first-order valence-corrected chi connectivity index (χ1v) is 12.1. The predicted octanol–water partition coefficient (Wildman–Crippen LogP) is 3.88. The average molecular weight is 499 g/mol. The minimum atomic E-state index is -0.538. The summed E-state index contributed by atoms with van der Waals surface area (Å²) >= 11 is 0. The molecule has 4 aromatic rings. The Morgan fingerprint density at radius 2 is 1.81 bits per heavy atom. The van der Waals surface area contributed by atoms with Gasteiger partial charge in [-0.3, -0.25) is 19.6 Å². The minimum absolute atomic E-state index is 0.00561. The zero-order chi connectivity index (χ0) is 25.8. The molecule has 2 aliphatic rings. The zero-order valence-corrected chi connectivity index (χ0v) is 20.1. The third kappa shape index (κ3) is 3.75. The largest absolute Gasteiger partial charge is 0.733 e. The normalized spacial score (nSPS) is 18.5. The number of carbonyl (C=O) groups excluding carboxylic acids is 1. The van der Waals surface area contributed by atoms with Crippen LogP contribution in [0.25, 0.3) is 22.3 Å². The summed E-state index contributed by atoms with van der Waals surface area (Å²) in [6, 6.07) is 17.4. The standard InChI is InChI=1S/C28H24N3O6/c1-16-24(32)20-8-5-9-21(26(20)37-25(16)18-6-3-2-4-7-18)27(33)29-13-17-12-19(15-29)22-10-11-23(31(35)36)28(34)30(22)14-17/h2-11,17,19,35H,12-15H2,1H3/q-1. The van der Waals surface area contributed by atoms with Gasteiger partial charge in [0.05, 0.1) is 10.9 Å². The first kappa shape index (κ1) is 23.2. The summed E-state index contributed by atoms with van der Waals surface area (Å²) in [7, 11) is 0. The van der Waals surface area contributed by atoms with Gasteiger partial charge in [-0.2, -0.15) is 0 Å². The van der Waals surface area contributed by atoms with Crippen molar-refractivity contribution in [3.63, 3.8) is 0 Å². The first-order chi connectivity index (χ1) is 17.8. The summed E-state index contributed by atoms with van der Waals surface area (Å²) in [6.07, 6.45) is 0.810. The number of carbonyl (C=O) groups is 1. The van der Waals surface area contributed by atoms with Gasteiger partial charge in [0.25, 0.3) is 11.5 Å². The third-order valence-electron chi connectivity index (χ3n) is 7.49. The highest BCUT2D eigenvalue weighted by Gasteiger charge is 2.37. The van der Waals surface area contributed by atoms with Crippen LogP contribution in [0, 0.1) is 18.0 Å². The number of fused-ring (bicyclic) bond motifs is 5. The van der Waals surface area contributed by atoms with Gasteiger partial charge in [-0.05, 0) is 43.5 Å². The van der Waals surface area contributed by atoms with Crippen LogP contribution in [0.4, 0.5) is 5.69 Å². The quantitative estimate of drug-likeness (QED) is 0.426. The molecule has 1 fully saturated rings. The van der Waals surface area contributed by atoms with Crippen molar-refractivity contribution in [3.05, 3.63) is 103 Å². The number of aromatic nitrogens is 1. The fraction of sp³-hybridized carbons (Fsp3) is 0.250. The van der Waals surface area contributed by atoms with Crippen molar-refractivity contribution in [2.45, 2.75) is 25.8 Å². The molecule has 0 radical (unpaired) electrons. The van der Waals surface area contributed by atoms with Gasteiger partial charge in [0, 0.05) is 42.4 Å². The molecule has 2 bridgehead atoms. The Morgan fingerprint density at radius 3 is 2.57 bits per heavy atom. The Kier molecular flexibility index (Phi) is 5.47. The molecule has 37 heavy (non-hydrogen) atoms. The van der Waals surface area contributed by atoms with Gasteiger partial charge in [-0.25, -0.2) is 0 Å². The second-order valence-electron chi connectivity index (χ2n) is 9.77. The van der Waals surface area contributed by atoms with Gasteiger partial charge in [0.2, 0.25) is 0 Å². The van der Waals surface area contributed by atoms with Crippen molar-refractivity contribution in [3.8, 4) is 11.3 Å². The van der Waals surface area contributed by atoms with E-state index in [9.17, 15) is 24.8 Å². The highest BCUT2D eigenvalue weighted by molar-refractivity contribution is 6.05. The Balaban J connectivity index is 1.39. The highest BCUT2D eigenvalue weighted by Crippen LogP contribution is 2.37. The summed E-state index contributed by atoms with van der Waals surface area (Å²) in [6.45, 7) is 2.87. The molecule has 4 heterocycles. The van der Waals surface area contributed by atoms with E-state index in [1.807, 2.05) is 30.3 Å². The first-order valence-electron chi connectivity index (χ1n) is 12.1. The van der Waals surface area contributed by atoms with Gasteiger partial charge < -0.3 is 24.3 Å². The number of pyridine rings is 1. The van der Waals surface area contributed by atoms with Crippen molar-refractivity contribution < 1.29 is 14.4 Å². The number of piperidine rings is 1. The van der Waals surface area contributed by atoms with Crippen LogP contribution in [0.15, 0.2) is 74.7 Å². The minimum Gasteiger partial charge on any atom is -0.733 e. The number of benzene rings is 2. The molecule has 188 valence electrons.